The predicted octanol–water partition coefficient (Wildman–Crippen LogP) is 2.28. The Bertz CT molecular complexity index is 880. The van der Waals surface area contributed by atoms with Crippen LogP contribution in [0.3, 0.4) is 0 Å². The van der Waals surface area contributed by atoms with Gasteiger partial charge in [0.25, 0.3) is 0 Å². The van der Waals surface area contributed by atoms with E-state index in [2.05, 4.69) is 39.8 Å². The van der Waals surface area contributed by atoms with Gasteiger partial charge in [-0.05, 0) is 18.1 Å². The molecule has 0 spiro atoms. The molecule has 1 saturated heterocycles. The highest BCUT2D eigenvalue weighted by atomic mass is 15.3. The summed E-state index contributed by atoms with van der Waals surface area (Å²) in [7, 11) is 1.94. The van der Waals surface area contributed by atoms with E-state index < -0.39 is 0 Å². The molecule has 26 heavy (non-hydrogen) atoms. The fraction of sp³-hybridized carbons (Fsp3) is 0.474. The van der Waals surface area contributed by atoms with Crippen LogP contribution in [-0.2, 0) is 13.5 Å². The number of piperazine rings is 1. The lowest BCUT2D eigenvalue weighted by atomic mass is 10.1. The van der Waals surface area contributed by atoms with Crippen LogP contribution in [-0.4, -0.2) is 50.9 Å². The molecule has 3 aromatic heterocycles. The van der Waals surface area contributed by atoms with Crippen molar-refractivity contribution >= 4 is 22.7 Å². The van der Waals surface area contributed by atoms with E-state index >= 15 is 0 Å². The summed E-state index contributed by atoms with van der Waals surface area (Å²) in [4.78, 5) is 18.8. The van der Waals surface area contributed by atoms with E-state index in [1.54, 1.807) is 0 Å². The molecular weight excluding hydrogens is 326 g/mol. The Morgan fingerprint density at radius 3 is 2.50 bits per heavy atom. The van der Waals surface area contributed by atoms with E-state index in [-0.39, 0.29) is 0 Å². The van der Waals surface area contributed by atoms with E-state index in [1.807, 2.05) is 36.3 Å². The van der Waals surface area contributed by atoms with E-state index in [0.717, 1.165) is 61.1 Å². The molecule has 3 aromatic rings. The maximum atomic E-state index is 4.90. The summed E-state index contributed by atoms with van der Waals surface area (Å²) < 4.78 is 1.84. The number of fused-ring (bicyclic) bond motifs is 1. The third kappa shape index (κ3) is 3.21. The first-order valence-electron chi connectivity index (χ1n) is 9.21. The molecular formula is C19H25N7. The molecule has 4 heterocycles. The maximum absolute atomic E-state index is 4.90. The molecule has 7 heteroatoms. The van der Waals surface area contributed by atoms with Gasteiger partial charge in [0.1, 0.15) is 17.5 Å². The van der Waals surface area contributed by atoms with Gasteiger partial charge in [-0.2, -0.15) is 5.10 Å². The van der Waals surface area contributed by atoms with Crippen molar-refractivity contribution in [2.45, 2.75) is 20.3 Å². The average Bonchev–Trinajstić information content (AvgIpc) is 3.03. The summed E-state index contributed by atoms with van der Waals surface area (Å²) in [6.45, 7) is 8.09. The number of aromatic nitrogens is 5. The van der Waals surface area contributed by atoms with E-state index in [4.69, 9.17) is 9.97 Å². The molecule has 0 aliphatic carbocycles. The first-order valence-corrected chi connectivity index (χ1v) is 9.21. The maximum Gasteiger partial charge on any atom is 0.163 e. The zero-order valence-corrected chi connectivity index (χ0v) is 15.6. The zero-order valence-electron chi connectivity index (χ0n) is 15.6. The fourth-order valence-electron chi connectivity index (χ4n) is 3.44. The molecule has 0 N–H and O–H groups in total. The van der Waals surface area contributed by atoms with Crippen molar-refractivity contribution in [2.75, 3.05) is 36.0 Å². The van der Waals surface area contributed by atoms with Crippen molar-refractivity contribution in [1.82, 2.24) is 24.7 Å². The van der Waals surface area contributed by atoms with Gasteiger partial charge in [-0.15, -0.1) is 0 Å². The van der Waals surface area contributed by atoms with Crippen molar-refractivity contribution in [3.05, 3.63) is 36.4 Å². The van der Waals surface area contributed by atoms with Crippen LogP contribution in [0.1, 0.15) is 19.7 Å². The van der Waals surface area contributed by atoms with Crippen molar-refractivity contribution < 1.29 is 0 Å². The number of hydrogen-bond acceptors (Lipinski definition) is 6. The molecule has 0 atom stereocenters. The lowest BCUT2D eigenvalue weighted by Crippen LogP contribution is -2.47. The van der Waals surface area contributed by atoms with E-state index in [1.165, 1.54) is 0 Å². The second-order valence-electron chi connectivity index (χ2n) is 7.23. The Labute approximate surface area is 153 Å². The zero-order chi connectivity index (χ0) is 18.1. The van der Waals surface area contributed by atoms with Gasteiger partial charge in [-0.1, -0.05) is 19.9 Å². The highest BCUT2D eigenvalue weighted by molar-refractivity contribution is 5.87. The summed E-state index contributed by atoms with van der Waals surface area (Å²) in [5, 5.41) is 5.43. The second kappa shape index (κ2) is 6.90. The number of pyridine rings is 1. The van der Waals surface area contributed by atoms with Gasteiger partial charge in [0.2, 0.25) is 0 Å². The number of aryl methyl sites for hydroxylation is 1. The van der Waals surface area contributed by atoms with Crippen LogP contribution in [0.4, 0.5) is 11.6 Å². The summed E-state index contributed by atoms with van der Waals surface area (Å²) in [6.07, 6.45) is 4.61. The van der Waals surface area contributed by atoms with Crippen LogP contribution in [0.5, 0.6) is 0 Å². The molecule has 1 aliphatic heterocycles. The van der Waals surface area contributed by atoms with Gasteiger partial charge in [0, 0.05) is 45.8 Å². The van der Waals surface area contributed by atoms with Crippen molar-refractivity contribution in [3.8, 4) is 0 Å². The summed E-state index contributed by atoms with van der Waals surface area (Å²) in [6, 6.07) is 6.06. The standard InChI is InChI=1S/C19H25N7/c1-14(2)12-16-22-18-15(13-21-24(18)3)19(23-16)26-10-8-25(9-11-26)17-6-4-5-7-20-17/h4-7,13-14H,8-12H2,1-3H3. The van der Waals surface area contributed by atoms with Gasteiger partial charge in [-0.3, -0.25) is 4.68 Å². The predicted molar refractivity (Wildman–Crippen MR) is 104 cm³/mol. The summed E-state index contributed by atoms with van der Waals surface area (Å²) >= 11 is 0. The molecule has 0 radical (unpaired) electrons. The topological polar surface area (TPSA) is 63.0 Å². The Hall–Kier alpha value is -2.70. The molecule has 7 nitrogen and oxygen atoms in total. The van der Waals surface area contributed by atoms with Crippen LogP contribution in [0, 0.1) is 5.92 Å². The molecule has 0 aromatic carbocycles. The largest absolute Gasteiger partial charge is 0.353 e. The first-order chi connectivity index (χ1) is 12.6. The second-order valence-corrected chi connectivity index (χ2v) is 7.23. The van der Waals surface area contributed by atoms with Gasteiger partial charge in [0.15, 0.2) is 5.65 Å². The smallest absolute Gasteiger partial charge is 0.163 e. The monoisotopic (exact) mass is 351 g/mol. The lowest BCUT2D eigenvalue weighted by molar-refractivity contribution is 0.612. The van der Waals surface area contributed by atoms with Crippen LogP contribution in [0.2, 0.25) is 0 Å². The van der Waals surface area contributed by atoms with Gasteiger partial charge in [-0.25, -0.2) is 15.0 Å². The average molecular weight is 351 g/mol. The van der Waals surface area contributed by atoms with Gasteiger partial charge in [0.05, 0.1) is 11.6 Å². The number of hydrogen-bond donors (Lipinski definition) is 0. The van der Waals surface area contributed by atoms with Crippen molar-refractivity contribution in [1.29, 1.82) is 0 Å². The minimum atomic E-state index is 0.523. The van der Waals surface area contributed by atoms with Crippen molar-refractivity contribution in [2.24, 2.45) is 13.0 Å². The summed E-state index contributed by atoms with van der Waals surface area (Å²) in [5.74, 6) is 3.48. The number of anilines is 2. The molecule has 0 unspecified atom stereocenters. The quantitative estimate of drug-likeness (QED) is 0.719. The Morgan fingerprint density at radius 1 is 1.04 bits per heavy atom. The Balaban J connectivity index is 1.60. The number of rotatable bonds is 4. The highest BCUT2D eigenvalue weighted by Gasteiger charge is 2.23. The number of nitrogens with zero attached hydrogens (tertiary/aromatic N) is 7. The lowest BCUT2D eigenvalue weighted by Gasteiger charge is -2.36. The molecule has 0 amide bonds. The Morgan fingerprint density at radius 2 is 1.81 bits per heavy atom. The third-order valence-electron chi connectivity index (χ3n) is 4.76. The normalized spacial score (nSPS) is 15.2. The van der Waals surface area contributed by atoms with Gasteiger partial charge < -0.3 is 9.80 Å². The first kappa shape index (κ1) is 16.8. The molecule has 0 saturated carbocycles. The summed E-state index contributed by atoms with van der Waals surface area (Å²) in [5.41, 5.74) is 0.915. The minimum Gasteiger partial charge on any atom is -0.353 e. The molecule has 4 rings (SSSR count). The molecule has 1 aliphatic rings. The Kier molecular flexibility index (Phi) is 4.44. The van der Waals surface area contributed by atoms with Gasteiger partial charge >= 0.3 is 0 Å². The molecule has 0 bridgehead atoms. The fourth-order valence-corrected chi connectivity index (χ4v) is 3.44. The highest BCUT2D eigenvalue weighted by Crippen LogP contribution is 2.26. The minimum absolute atomic E-state index is 0.523. The SMILES string of the molecule is CC(C)Cc1nc(N2CCN(c3ccccn3)CC2)c2cnn(C)c2n1. The van der Waals surface area contributed by atoms with E-state index in [0.29, 0.717) is 5.92 Å². The van der Waals surface area contributed by atoms with Crippen LogP contribution in [0.25, 0.3) is 11.0 Å². The molecule has 136 valence electrons. The molecule has 1 fully saturated rings. The van der Waals surface area contributed by atoms with Crippen LogP contribution < -0.4 is 9.80 Å². The third-order valence-corrected chi connectivity index (χ3v) is 4.76. The van der Waals surface area contributed by atoms with Crippen LogP contribution >= 0.6 is 0 Å². The van der Waals surface area contributed by atoms with E-state index in [9.17, 15) is 0 Å². The van der Waals surface area contributed by atoms with Crippen LogP contribution in [0.15, 0.2) is 30.6 Å². The van der Waals surface area contributed by atoms with Crippen molar-refractivity contribution in [3.63, 3.8) is 0 Å².